The summed E-state index contributed by atoms with van der Waals surface area (Å²) in [4.78, 5) is 26.6. The van der Waals surface area contributed by atoms with Crippen molar-refractivity contribution in [3.63, 3.8) is 0 Å². The molecule has 0 spiro atoms. The minimum atomic E-state index is -0.563. The normalized spacial score (nSPS) is 19.8. The number of alkyl carbamates (subject to hydrolysis) is 1. The molecule has 1 atom stereocenters. The van der Waals surface area contributed by atoms with Crippen LogP contribution in [0.25, 0.3) is 0 Å². The first-order valence-corrected chi connectivity index (χ1v) is 5.54. The van der Waals surface area contributed by atoms with Crippen molar-refractivity contribution in [3.05, 3.63) is 0 Å². The summed E-state index contributed by atoms with van der Waals surface area (Å²) in [7, 11) is 0. The van der Waals surface area contributed by atoms with E-state index in [1.165, 1.54) is 6.21 Å². The second kappa shape index (κ2) is 5.22. The monoisotopic (exact) mass is 257 g/mol. The van der Waals surface area contributed by atoms with Crippen molar-refractivity contribution in [2.45, 2.75) is 26.4 Å². The van der Waals surface area contributed by atoms with Crippen molar-refractivity contribution in [2.24, 2.45) is 10.9 Å². The fourth-order valence-corrected chi connectivity index (χ4v) is 1.27. The van der Waals surface area contributed by atoms with Gasteiger partial charge in [0.25, 0.3) is 0 Å². The highest BCUT2D eigenvalue weighted by Crippen LogP contribution is 2.06. The molecule has 0 aliphatic carbocycles. The number of hydrogen-bond acceptors (Lipinski definition) is 4. The van der Waals surface area contributed by atoms with E-state index < -0.39 is 17.6 Å². The Morgan fingerprint density at radius 1 is 1.65 bits per heavy atom. The van der Waals surface area contributed by atoms with E-state index in [1.807, 2.05) is 0 Å². The predicted octanol–water partition coefficient (Wildman–Crippen LogP) is 0.613. The highest BCUT2D eigenvalue weighted by molar-refractivity contribution is 7.80. The van der Waals surface area contributed by atoms with Crippen LogP contribution >= 0.6 is 12.2 Å². The molecule has 7 heteroatoms. The van der Waals surface area contributed by atoms with Gasteiger partial charge in [0.15, 0.2) is 5.11 Å². The van der Waals surface area contributed by atoms with Gasteiger partial charge < -0.3 is 15.4 Å². The maximum absolute atomic E-state index is 11.4. The van der Waals surface area contributed by atoms with Gasteiger partial charge in [-0.25, -0.2) is 9.79 Å². The summed E-state index contributed by atoms with van der Waals surface area (Å²) in [5, 5.41) is 5.04. The Morgan fingerprint density at radius 3 is 2.82 bits per heavy atom. The van der Waals surface area contributed by atoms with Crippen LogP contribution < -0.4 is 10.6 Å². The molecule has 1 aliphatic heterocycles. The Balaban J connectivity index is 2.41. The second-order valence-electron chi connectivity index (χ2n) is 4.56. The lowest BCUT2D eigenvalue weighted by molar-refractivity contribution is -0.121. The van der Waals surface area contributed by atoms with Gasteiger partial charge in [-0.05, 0) is 33.0 Å². The van der Waals surface area contributed by atoms with Crippen molar-refractivity contribution in [2.75, 3.05) is 6.54 Å². The molecule has 0 saturated carbocycles. The Kier molecular flexibility index (Phi) is 4.17. The fourth-order valence-electron chi connectivity index (χ4n) is 1.11. The van der Waals surface area contributed by atoms with Crippen LogP contribution in [0.3, 0.4) is 0 Å². The zero-order valence-corrected chi connectivity index (χ0v) is 10.8. The van der Waals surface area contributed by atoms with Crippen LogP contribution in [0.2, 0.25) is 0 Å². The molecule has 1 rings (SSSR count). The molecule has 0 radical (unpaired) electrons. The largest absolute Gasteiger partial charge is 0.444 e. The summed E-state index contributed by atoms with van der Waals surface area (Å²) in [5.41, 5.74) is -0.561. The molecule has 0 aromatic heterocycles. The van der Waals surface area contributed by atoms with E-state index in [0.717, 1.165) is 0 Å². The maximum Gasteiger partial charge on any atom is 0.407 e. The average molecular weight is 257 g/mol. The molecule has 0 aromatic rings. The van der Waals surface area contributed by atoms with Gasteiger partial charge in [0.1, 0.15) is 5.60 Å². The molecule has 0 saturated heterocycles. The van der Waals surface area contributed by atoms with Gasteiger partial charge in [-0.2, -0.15) is 0 Å². The fraction of sp³-hybridized carbons (Fsp3) is 0.600. The molecule has 2 N–H and O–H groups in total. The molecule has 17 heavy (non-hydrogen) atoms. The number of nitrogens with zero attached hydrogens (tertiary/aromatic N) is 1. The summed E-state index contributed by atoms with van der Waals surface area (Å²) in [5.74, 6) is -0.796. The zero-order chi connectivity index (χ0) is 13.1. The minimum absolute atomic E-state index is 0.132. The van der Waals surface area contributed by atoms with E-state index in [2.05, 4.69) is 15.6 Å². The van der Waals surface area contributed by atoms with Gasteiger partial charge in [0, 0.05) is 12.8 Å². The molecule has 1 aliphatic rings. The molecular formula is C10H15N3O3S. The third kappa shape index (κ3) is 4.90. The van der Waals surface area contributed by atoms with Gasteiger partial charge in [0.2, 0.25) is 5.91 Å². The minimum Gasteiger partial charge on any atom is -0.444 e. The quantitative estimate of drug-likeness (QED) is 0.710. The first-order valence-electron chi connectivity index (χ1n) is 5.14. The molecule has 1 unspecified atom stereocenters. The van der Waals surface area contributed by atoms with E-state index in [0.29, 0.717) is 0 Å². The number of nitrogens with one attached hydrogen (secondary N) is 2. The zero-order valence-electron chi connectivity index (χ0n) is 9.94. The topological polar surface area (TPSA) is 79.8 Å². The molecule has 0 fully saturated rings. The third-order valence-electron chi connectivity index (χ3n) is 1.80. The van der Waals surface area contributed by atoms with Crippen molar-refractivity contribution < 1.29 is 14.3 Å². The molecule has 94 valence electrons. The Hall–Kier alpha value is -1.50. The third-order valence-corrected chi connectivity index (χ3v) is 2.01. The Labute approximate surface area is 105 Å². The van der Waals surface area contributed by atoms with Gasteiger partial charge >= 0.3 is 6.09 Å². The number of carbonyl (C=O) groups is 2. The number of rotatable bonds is 2. The number of ether oxygens (including phenoxy) is 1. The first-order chi connectivity index (χ1) is 7.78. The lowest BCUT2D eigenvalue weighted by Crippen LogP contribution is -2.45. The van der Waals surface area contributed by atoms with Crippen molar-refractivity contribution in [3.8, 4) is 0 Å². The number of aliphatic imine (C=N–C) groups is 1. The van der Waals surface area contributed by atoms with E-state index in [-0.39, 0.29) is 17.6 Å². The van der Waals surface area contributed by atoms with Crippen LogP contribution in [0, 0.1) is 5.92 Å². The van der Waals surface area contributed by atoms with E-state index in [9.17, 15) is 9.59 Å². The smallest absolute Gasteiger partial charge is 0.407 e. The summed E-state index contributed by atoms with van der Waals surface area (Å²) < 4.78 is 5.03. The van der Waals surface area contributed by atoms with Crippen LogP contribution in [-0.4, -0.2) is 35.5 Å². The molecule has 1 heterocycles. The van der Waals surface area contributed by atoms with E-state index in [1.54, 1.807) is 20.8 Å². The van der Waals surface area contributed by atoms with Crippen molar-refractivity contribution in [1.82, 2.24) is 10.6 Å². The number of amides is 2. The van der Waals surface area contributed by atoms with Gasteiger partial charge in [-0.1, -0.05) is 0 Å². The standard InChI is InChI=1S/C10H15N3O3S/c1-10(2,3)16-9(15)12-5-6-4-11-8(17)13-7(6)14/h4,6H,5H2,1-3H3,(H,12,15)(H,13,14,17). The predicted molar refractivity (Wildman–Crippen MR) is 67.0 cm³/mol. The van der Waals surface area contributed by atoms with Gasteiger partial charge in [-0.3, -0.25) is 4.79 Å². The van der Waals surface area contributed by atoms with Crippen LogP contribution in [0.15, 0.2) is 4.99 Å². The highest BCUT2D eigenvalue weighted by Gasteiger charge is 2.23. The maximum atomic E-state index is 11.4. The SMILES string of the molecule is CC(C)(C)OC(=O)NCC1C=NC(=S)NC1=O. The number of carbonyl (C=O) groups excluding carboxylic acids is 2. The average Bonchev–Trinajstić information content (AvgIpc) is 2.13. The van der Waals surface area contributed by atoms with Crippen LogP contribution in [0.4, 0.5) is 4.79 Å². The molecular weight excluding hydrogens is 242 g/mol. The molecule has 6 nitrogen and oxygen atoms in total. The van der Waals surface area contributed by atoms with Crippen LogP contribution in [0.5, 0.6) is 0 Å². The summed E-state index contributed by atoms with van der Waals surface area (Å²) in [6, 6.07) is 0. The lowest BCUT2D eigenvalue weighted by atomic mass is 10.1. The highest BCUT2D eigenvalue weighted by atomic mass is 32.1. The summed E-state index contributed by atoms with van der Waals surface area (Å²) in [6.45, 7) is 5.42. The van der Waals surface area contributed by atoms with Crippen molar-refractivity contribution in [1.29, 1.82) is 0 Å². The van der Waals surface area contributed by atoms with Crippen LogP contribution in [-0.2, 0) is 9.53 Å². The Bertz CT molecular complexity index is 373. The second-order valence-corrected chi connectivity index (χ2v) is 4.95. The van der Waals surface area contributed by atoms with Crippen molar-refractivity contribution >= 4 is 35.5 Å². The number of hydrogen-bond donors (Lipinski definition) is 2. The number of thiocarbonyl (C=S) groups is 1. The molecule has 2 amide bonds. The van der Waals surface area contributed by atoms with E-state index in [4.69, 9.17) is 17.0 Å². The molecule has 0 aromatic carbocycles. The summed E-state index contributed by atoms with van der Waals surface area (Å²) in [6.07, 6.45) is 0.852. The van der Waals surface area contributed by atoms with Gasteiger partial charge in [0.05, 0.1) is 5.92 Å². The summed E-state index contributed by atoms with van der Waals surface area (Å²) >= 11 is 4.70. The van der Waals surface area contributed by atoms with Gasteiger partial charge in [-0.15, -0.1) is 0 Å². The Morgan fingerprint density at radius 2 is 2.29 bits per heavy atom. The molecule has 0 bridgehead atoms. The van der Waals surface area contributed by atoms with E-state index >= 15 is 0 Å². The van der Waals surface area contributed by atoms with Crippen LogP contribution in [0.1, 0.15) is 20.8 Å². The first kappa shape index (κ1) is 13.6. The lowest BCUT2D eigenvalue weighted by Gasteiger charge is -2.21.